The Kier molecular flexibility index (Phi) is 5.72. The van der Waals surface area contributed by atoms with Crippen molar-refractivity contribution in [1.29, 1.82) is 0 Å². The molecule has 0 amide bonds. The third kappa shape index (κ3) is 3.66. The van der Waals surface area contributed by atoms with Crippen molar-refractivity contribution in [1.82, 2.24) is 0 Å². The molecule has 3 nitrogen and oxygen atoms in total. The van der Waals surface area contributed by atoms with Crippen LogP contribution in [-0.4, -0.2) is 19.2 Å². The molecule has 0 saturated heterocycles. The van der Waals surface area contributed by atoms with Crippen molar-refractivity contribution in [2.24, 2.45) is 5.73 Å². The van der Waals surface area contributed by atoms with Crippen LogP contribution in [0.1, 0.15) is 51.5 Å². The van der Waals surface area contributed by atoms with Crippen LogP contribution in [0.2, 0.25) is 0 Å². The van der Waals surface area contributed by atoms with Gasteiger partial charge in [-0.05, 0) is 30.5 Å². The number of hydrogen-bond donors (Lipinski definition) is 1. The summed E-state index contributed by atoms with van der Waals surface area (Å²) in [6, 6.07) is 6.40. The quantitative estimate of drug-likeness (QED) is 0.772. The molecule has 0 fully saturated rings. The number of benzene rings is 1. The average Bonchev–Trinajstić information content (AvgIpc) is 2.50. The molecule has 1 atom stereocenters. The van der Waals surface area contributed by atoms with Gasteiger partial charge in [-0.15, -0.1) is 0 Å². The van der Waals surface area contributed by atoms with E-state index in [2.05, 4.69) is 36.9 Å². The molecule has 2 N–H and O–H groups in total. The van der Waals surface area contributed by atoms with E-state index >= 15 is 0 Å². The second kappa shape index (κ2) is 7.53. The maximum Gasteiger partial charge on any atom is 0.143 e. The molecule has 1 aliphatic rings. The van der Waals surface area contributed by atoms with Crippen LogP contribution in [0.25, 0.3) is 0 Å². The van der Waals surface area contributed by atoms with Gasteiger partial charge in [-0.1, -0.05) is 39.2 Å². The zero-order chi connectivity index (χ0) is 14.4. The van der Waals surface area contributed by atoms with Gasteiger partial charge in [0, 0.05) is 13.1 Å². The lowest BCUT2D eigenvalue weighted by atomic mass is 10.1. The summed E-state index contributed by atoms with van der Waals surface area (Å²) in [5.74, 6) is 1.02. The molecule has 0 radical (unpaired) electrons. The summed E-state index contributed by atoms with van der Waals surface area (Å²) in [4.78, 5) is 2.49. The number of nitrogens with two attached hydrogens (primary N) is 1. The van der Waals surface area contributed by atoms with Crippen molar-refractivity contribution in [3.8, 4) is 5.75 Å². The third-order valence-electron chi connectivity index (χ3n) is 4.06. The Morgan fingerprint density at radius 1 is 1.25 bits per heavy atom. The Hall–Kier alpha value is -1.22. The number of anilines is 1. The predicted octanol–water partition coefficient (Wildman–Crippen LogP) is 3.70. The van der Waals surface area contributed by atoms with Crippen molar-refractivity contribution in [2.75, 3.05) is 18.0 Å². The highest BCUT2D eigenvalue weighted by Crippen LogP contribution is 2.35. The van der Waals surface area contributed by atoms with E-state index in [1.54, 1.807) is 0 Å². The Morgan fingerprint density at radius 2 is 2.10 bits per heavy atom. The summed E-state index contributed by atoms with van der Waals surface area (Å²) in [5.41, 5.74) is 8.11. The van der Waals surface area contributed by atoms with Crippen LogP contribution in [0.15, 0.2) is 18.2 Å². The van der Waals surface area contributed by atoms with Gasteiger partial charge in [-0.3, -0.25) is 0 Å². The van der Waals surface area contributed by atoms with E-state index in [-0.39, 0.29) is 0 Å². The topological polar surface area (TPSA) is 38.5 Å². The van der Waals surface area contributed by atoms with E-state index in [1.165, 1.54) is 31.4 Å². The molecular weight excluding hydrogens is 248 g/mol. The van der Waals surface area contributed by atoms with Gasteiger partial charge in [0.1, 0.15) is 11.9 Å². The summed E-state index contributed by atoms with van der Waals surface area (Å²) in [6.07, 6.45) is 6.57. The van der Waals surface area contributed by atoms with Crippen LogP contribution >= 0.6 is 0 Å². The standard InChI is InChI=1S/C17H28N2O/c1-3-5-6-7-10-19-13-15(4-2)20-17-11-14(12-18)8-9-16(17)19/h8-9,11,15H,3-7,10,12-13,18H2,1-2H3. The van der Waals surface area contributed by atoms with Gasteiger partial charge in [0.05, 0.1) is 12.2 Å². The van der Waals surface area contributed by atoms with Crippen LogP contribution in [-0.2, 0) is 6.54 Å². The van der Waals surface area contributed by atoms with Gasteiger partial charge < -0.3 is 15.4 Å². The van der Waals surface area contributed by atoms with Crippen LogP contribution in [0.3, 0.4) is 0 Å². The lowest BCUT2D eigenvalue weighted by Gasteiger charge is -2.36. The minimum Gasteiger partial charge on any atom is -0.486 e. The maximum absolute atomic E-state index is 6.08. The van der Waals surface area contributed by atoms with Gasteiger partial charge in [0.15, 0.2) is 0 Å². The molecule has 1 aromatic rings. The Morgan fingerprint density at radius 3 is 2.80 bits per heavy atom. The highest BCUT2D eigenvalue weighted by molar-refractivity contribution is 5.61. The number of rotatable bonds is 7. The molecule has 112 valence electrons. The van der Waals surface area contributed by atoms with Crippen molar-refractivity contribution < 1.29 is 4.74 Å². The summed E-state index contributed by atoms with van der Waals surface area (Å²) >= 11 is 0. The number of ether oxygens (including phenoxy) is 1. The van der Waals surface area contributed by atoms with Gasteiger partial charge in [-0.2, -0.15) is 0 Å². The molecule has 0 bridgehead atoms. The Bertz CT molecular complexity index is 419. The molecule has 0 saturated carbocycles. The Labute approximate surface area is 123 Å². The molecule has 0 aliphatic carbocycles. The molecule has 0 spiro atoms. The molecule has 1 aliphatic heterocycles. The molecule has 3 heteroatoms. The number of fused-ring (bicyclic) bond motifs is 1. The normalized spacial score (nSPS) is 17.8. The fourth-order valence-electron chi connectivity index (χ4n) is 2.76. The highest BCUT2D eigenvalue weighted by Gasteiger charge is 2.24. The first kappa shape index (κ1) is 15.2. The summed E-state index contributed by atoms with van der Waals surface area (Å²) in [5, 5.41) is 0. The van der Waals surface area contributed by atoms with Gasteiger partial charge >= 0.3 is 0 Å². The van der Waals surface area contributed by atoms with Crippen molar-refractivity contribution in [3.05, 3.63) is 23.8 Å². The minimum absolute atomic E-state index is 0.307. The van der Waals surface area contributed by atoms with Gasteiger partial charge in [0.2, 0.25) is 0 Å². The summed E-state index contributed by atoms with van der Waals surface area (Å²) < 4.78 is 6.08. The lowest BCUT2D eigenvalue weighted by molar-refractivity contribution is 0.189. The average molecular weight is 276 g/mol. The van der Waals surface area contributed by atoms with Crippen LogP contribution in [0.4, 0.5) is 5.69 Å². The van der Waals surface area contributed by atoms with Crippen LogP contribution in [0.5, 0.6) is 5.75 Å². The summed E-state index contributed by atoms with van der Waals surface area (Å²) in [7, 11) is 0. The van der Waals surface area contributed by atoms with Crippen molar-refractivity contribution >= 4 is 5.69 Å². The van der Waals surface area contributed by atoms with E-state index in [4.69, 9.17) is 10.5 Å². The fraction of sp³-hybridized carbons (Fsp3) is 0.647. The lowest BCUT2D eigenvalue weighted by Crippen LogP contribution is -2.40. The minimum atomic E-state index is 0.307. The first-order valence-electron chi connectivity index (χ1n) is 8.03. The van der Waals surface area contributed by atoms with E-state index in [9.17, 15) is 0 Å². The van der Waals surface area contributed by atoms with E-state index in [0.717, 1.165) is 30.8 Å². The maximum atomic E-state index is 6.08. The molecule has 2 rings (SSSR count). The second-order valence-electron chi connectivity index (χ2n) is 5.66. The molecule has 1 unspecified atom stereocenters. The van der Waals surface area contributed by atoms with Crippen LogP contribution in [0, 0.1) is 0 Å². The van der Waals surface area contributed by atoms with E-state index in [0.29, 0.717) is 12.6 Å². The van der Waals surface area contributed by atoms with Gasteiger partial charge in [0.25, 0.3) is 0 Å². The third-order valence-corrected chi connectivity index (χ3v) is 4.06. The first-order valence-corrected chi connectivity index (χ1v) is 8.03. The number of unbranched alkanes of at least 4 members (excludes halogenated alkanes) is 3. The van der Waals surface area contributed by atoms with E-state index in [1.807, 2.05) is 0 Å². The number of nitrogens with zero attached hydrogens (tertiary/aromatic N) is 1. The first-order chi connectivity index (χ1) is 9.78. The number of hydrogen-bond acceptors (Lipinski definition) is 3. The molecule has 1 aromatic carbocycles. The Balaban J connectivity index is 2.08. The molecule has 1 heterocycles. The fourth-order valence-corrected chi connectivity index (χ4v) is 2.76. The monoisotopic (exact) mass is 276 g/mol. The molecular formula is C17H28N2O. The zero-order valence-electron chi connectivity index (χ0n) is 12.9. The zero-order valence-corrected chi connectivity index (χ0v) is 12.9. The van der Waals surface area contributed by atoms with Crippen molar-refractivity contribution in [2.45, 2.75) is 58.6 Å². The molecule has 20 heavy (non-hydrogen) atoms. The van der Waals surface area contributed by atoms with Crippen LogP contribution < -0.4 is 15.4 Å². The van der Waals surface area contributed by atoms with E-state index < -0.39 is 0 Å². The largest absolute Gasteiger partial charge is 0.486 e. The molecule has 0 aromatic heterocycles. The smallest absolute Gasteiger partial charge is 0.143 e. The predicted molar refractivity (Wildman–Crippen MR) is 85.4 cm³/mol. The van der Waals surface area contributed by atoms with Crippen molar-refractivity contribution in [3.63, 3.8) is 0 Å². The summed E-state index contributed by atoms with van der Waals surface area (Å²) in [6.45, 7) is 7.17. The highest BCUT2D eigenvalue weighted by atomic mass is 16.5. The second-order valence-corrected chi connectivity index (χ2v) is 5.66. The van der Waals surface area contributed by atoms with Gasteiger partial charge in [-0.25, -0.2) is 0 Å². The SMILES string of the molecule is CCCCCCN1CC(CC)Oc2cc(CN)ccc21.